The van der Waals surface area contributed by atoms with E-state index in [0.717, 1.165) is 29.5 Å². The molecular formula is C32H42O5. The van der Waals surface area contributed by atoms with Crippen LogP contribution in [0.5, 0.6) is 0 Å². The average Bonchev–Trinajstić information content (AvgIpc) is 2.87. The van der Waals surface area contributed by atoms with Gasteiger partial charge in [0, 0.05) is 31.6 Å². The summed E-state index contributed by atoms with van der Waals surface area (Å²) in [7, 11) is 4.58. The molecule has 2 aliphatic rings. The molecule has 0 aliphatic heterocycles. The molecule has 0 saturated heterocycles. The maximum atomic E-state index is 14.4. The van der Waals surface area contributed by atoms with Gasteiger partial charge in [-0.05, 0) is 76.0 Å². The molecule has 5 nitrogen and oxygen atoms in total. The number of carbonyl (C=O) groups is 2. The van der Waals surface area contributed by atoms with Gasteiger partial charge in [-0.3, -0.25) is 4.79 Å². The fourth-order valence-corrected chi connectivity index (χ4v) is 6.55. The molecule has 0 heterocycles. The molecule has 0 fully saturated rings. The van der Waals surface area contributed by atoms with E-state index in [9.17, 15) is 9.59 Å². The number of methoxy groups -OCH3 is 3. The number of fused-ring (bicyclic) bond motifs is 2. The Kier molecular flexibility index (Phi) is 7.19. The molecule has 2 aromatic carbocycles. The number of hydrogen-bond donors (Lipinski definition) is 0. The molecule has 0 bridgehead atoms. The third-order valence-corrected chi connectivity index (χ3v) is 8.96. The van der Waals surface area contributed by atoms with Gasteiger partial charge in [-0.25, -0.2) is 4.79 Å². The predicted molar refractivity (Wildman–Crippen MR) is 146 cm³/mol. The molecule has 0 spiro atoms. The monoisotopic (exact) mass is 506 g/mol. The van der Waals surface area contributed by atoms with E-state index in [-0.39, 0.29) is 33.9 Å². The SMILES string of the molecule is COC(=O)c1ccc(C(C(OC)OC)C2CC(C)(C)c3cc4c(cc3C2=O)C(C)(C)CCC4(C)C)cc1. The third kappa shape index (κ3) is 4.77. The Balaban J connectivity index is 1.85. The lowest BCUT2D eigenvalue weighted by molar-refractivity contribution is -0.126. The first-order valence-electron chi connectivity index (χ1n) is 13.2. The number of rotatable bonds is 6. The molecule has 0 radical (unpaired) electrons. The highest BCUT2D eigenvalue weighted by Gasteiger charge is 2.47. The second kappa shape index (κ2) is 9.67. The highest BCUT2D eigenvalue weighted by molar-refractivity contribution is 6.02. The highest BCUT2D eigenvalue weighted by Crippen LogP contribution is 2.52. The minimum absolute atomic E-state index is 0.0158. The Morgan fingerprint density at radius 3 is 1.86 bits per heavy atom. The van der Waals surface area contributed by atoms with Gasteiger partial charge in [-0.15, -0.1) is 0 Å². The minimum atomic E-state index is -0.608. The van der Waals surface area contributed by atoms with Crippen LogP contribution in [-0.2, 0) is 30.5 Å². The van der Waals surface area contributed by atoms with Gasteiger partial charge in [0.1, 0.15) is 0 Å². The van der Waals surface area contributed by atoms with Crippen LogP contribution in [0, 0.1) is 5.92 Å². The summed E-state index contributed by atoms with van der Waals surface area (Å²) in [6, 6.07) is 11.8. The fourth-order valence-electron chi connectivity index (χ4n) is 6.55. The van der Waals surface area contributed by atoms with Crippen LogP contribution in [0.25, 0.3) is 0 Å². The Bertz CT molecular complexity index is 1180. The van der Waals surface area contributed by atoms with E-state index in [2.05, 4.69) is 53.7 Å². The number of ether oxygens (including phenoxy) is 3. The van der Waals surface area contributed by atoms with Crippen LogP contribution in [-0.4, -0.2) is 39.4 Å². The summed E-state index contributed by atoms with van der Waals surface area (Å²) in [6.07, 6.45) is 2.30. The number of carbonyl (C=O) groups excluding carboxylic acids is 2. The topological polar surface area (TPSA) is 61.8 Å². The van der Waals surface area contributed by atoms with Crippen LogP contribution < -0.4 is 0 Å². The van der Waals surface area contributed by atoms with E-state index in [1.165, 1.54) is 18.2 Å². The summed E-state index contributed by atoms with van der Waals surface area (Å²) >= 11 is 0. The summed E-state index contributed by atoms with van der Waals surface area (Å²) < 4.78 is 16.4. The zero-order valence-corrected chi connectivity index (χ0v) is 23.9. The van der Waals surface area contributed by atoms with Gasteiger partial charge in [0.2, 0.25) is 0 Å². The quantitative estimate of drug-likeness (QED) is 0.322. The number of esters is 1. The van der Waals surface area contributed by atoms with E-state index < -0.39 is 12.3 Å². The number of ketones is 1. The lowest BCUT2D eigenvalue weighted by Gasteiger charge is -2.46. The van der Waals surface area contributed by atoms with E-state index in [4.69, 9.17) is 14.2 Å². The van der Waals surface area contributed by atoms with Crippen molar-refractivity contribution < 1.29 is 23.8 Å². The van der Waals surface area contributed by atoms with E-state index in [1.807, 2.05) is 12.1 Å². The molecule has 0 N–H and O–H groups in total. The van der Waals surface area contributed by atoms with Crippen molar-refractivity contribution in [3.8, 4) is 0 Å². The first-order valence-corrected chi connectivity index (χ1v) is 13.2. The predicted octanol–water partition coefficient (Wildman–Crippen LogP) is 6.71. The van der Waals surface area contributed by atoms with Crippen molar-refractivity contribution in [2.24, 2.45) is 5.92 Å². The largest absolute Gasteiger partial charge is 0.465 e. The van der Waals surface area contributed by atoms with Gasteiger partial charge in [0.25, 0.3) is 0 Å². The summed E-state index contributed by atoms with van der Waals surface area (Å²) in [4.78, 5) is 26.4. The van der Waals surface area contributed by atoms with Crippen molar-refractivity contribution in [1.82, 2.24) is 0 Å². The second-order valence-corrected chi connectivity index (χ2v) is 12.7. The lowest BCUT2D eigenvalue weighted by atomic mass is 9.58. The van der Waals surface area contributed by atoms with E-state index >= 15 is 0 Å². The molecule has 0 aromatic heterocycles. The van der Waals surface area contributed by atoms with Crippen LogP contribution in [0.3, 0.4) is 0 Å². The molecule has 37 heavy (non-hydrogen) atoms. The number of benzene rings is 2. The van der Waals surface area contributed by atoms with E-state index in [1.54, 1.807) is 26.4 Å². The summed E-state index contributed by atoms with van der Waals surface area (Å²) in [5, 5.41) is 0. The van der Waals surface area contributed by atoms with Crippen LogP contribution in [0.4, 0.5) is 0 Å². The standard InChI is InChI=1S/C32H42O5/c1-30(2)14-15-31(3,4)25-17-23-21(16-24(25)30)27(33)22(18-32(23,5)6)26(29(36-8)37-9)19-10-12-20(13-11-19)28(34)35-7/h10-13,16-17,22,26,29H,14-15,18H2,1-9H3. The third-order valence-electron chi connectivity index (χ3n) is 8.96. The molecule has 200 valence electrons. The second-order valence-electron chi connectivity index (χ2n) is 12.7. The van der Waals surface area contributed by atoms with Gasteiger partial charge in [-0.2, -0.15) is 0 Å². The van der Waals surface area contributed by atoms with Crippen molar-refractivity contribution in [3.05, 3.63) is 69.8 Å². The van der Waals surface area contributed by atoms with Crippen molar-refractivity contribution in [2.45, 2.75) is 89.3 Å². The maximum absolute atomic E-state index is 14.4. The van der Waals surface area contributed by atoms with Crippen molar-refractivity contribution in [3.63, 3.8) is 0 Å². The minimum Gasteiger partial charge on any atom is -0.465 e. The summed E-state index contributed by atoms with van der Waals surface area (Å²) in [5.41, 5.74) is 5.89. The molecule has 0 amide bonds. The summed E-state index contributed by atoms with van der Waals surface area (Å²) in [6.45, 7) is 13.7. The zero-order chi connectivity index (χ0) is 27.3. The maximum Gasteiger partial charge on any atom is 0.337 e. The number of hydrogen-bond acceptors (Lipinski definition) is 5. The molecule has 2 aliphatic carbocycles. The van der Waals surface area contributed by atoms with Crippen molar-refractivity contribution in [2.75, 3.05) is 21.3 Å². The van der Waals surface area contributed by atoms with Crippen molar-refractivity contribution in [1.29, 1.82) is 0 Å². The molecule has 0 saturated carbocycles. The molecule has 2 unspecified atom stereocenters. The molecular weight excluding hydrogens is 464 g/mol. The highest BCUT2D eigenvalue weighted by atomic mass is 16.7. The molecule has 5 heteroatoms. The van der Waals surface area contributed by atoms with Gasteiger partial charge >= 0.3 is 5.97 Å². The number of Topliss-reactive ketones (excluding diaryl/α,β-unsaturated/α-hetero) is 1. The van der Waals surface area contributed by atoms with Gasteiger partial charge in [0.05, 0.1) is 12.7 Å². The van der Waals surface area contributed by atoms with Crippen LogP contribution >= 0.6 is 0 Å². The Morgan fingerprint density at radius 1 is 0.811 bits per heavy atom. The van der Waals surface area contributed by atoms with Crippen molar-refractivity contribution >= 4 is 11.8 Å². The van der Waals surface area contributed by atoms with Crippen LogP contribution in [0.15, 0.2) is 36.4 Å². The zero-order valence-electron chi connectivity index (χ0n) is 23.9. The molecule has 2 atom stereocenters. The normalized spacial score (nSPS) is 22.2. The fraction of sp³-hybridized carbons (Fsp3) is 0.562. The molecule has 4 rings (SSSR count). The van der Waals surface area contributed by atoms with Gasteiger partial charge in [0.15, 0.2) is 12.1 Å². The first-order chi connectivity index (χ1) is 17.3. The Labute approximate surface area is 221 Å². The van der Waals surface area contributed by atoms with Crippen LogP contribution in [0.1, 0.15) is 110 Å². The smallest absolute Gasteiger partial charge is 0.337 e. The lowest BCUT2D eigenvalue weighted by Crippen LogP contribution is -2.43. The average molecular weight is 507 g/mol. The van der Waals surface area contributed by atoms with Crippen LogP contribution in [0.2, 0.25) is 0 Å². The Morgan fingerprint density at radius 2 is 1.35 bits per heavy atom. The Hall–Kier alpha value is -2.50. The summed E-state index contributed by atoms with van der Waals surface area (Å²) in [5.74, 6) is -0.925. The molecule has 2 aromatic rings. The van der Waals surface area contributed by atoms with E-state index in [0.29, 0.717) is 12.0 Å². The van der Waals surface area contributed by atoms with Gasteiger partial charge < -0.3 is 14.2 Å². The first kappa shape index (κ1) is 27.5. The van der Waals surface area contributed by atoms with Gasteiger partial charge in [-0.1, -0.05) is 59.7 Å².